The first-order chi connectivity index (χ1) is 7.90. The van der Waals surface area contributed by atoms with Crippen LogP contribution in [-0.2, 0) is 10.7 Å². The van der Waals surface area contributed by atoms with E-state index in [4.69, 9.17) is 0 Å². The van der Waals surface area contributed by atoms with Gasteiger partial charge in [-0.2, -0.15) is 0 Å². The molecule has 1 N–H and O–H groups in total. The quantitative estimate of drug-likeness (QED) is 0.465. The van der Waals surface area contributed by atoms with Crippen LogP contribution in [0.15, 0.2) is 58.3 Å². The minimum absolute atomic E-state index is 0.583. The second-order valence-corrected chi connectivity index (χ2v) is 5.10. The molecule has 0 bridgehead atoms. The maximum absolute atomic E-state index is 9.19. The summed E-state index contributed by atoms with van der Waals surface area (Å²) in [6.07, 6.45) is 0. The van der Waals surface area contributed by atoms with Crippen molar-refractivity contribution >= 4 is 22.1 Å². The van der Waals surface area contributed by atoms with Crippen LogP contribution in [0.1, 0.15) is 0 Å². The summed E-state index contributed by atoms with van der Waals surface area (Å²) >= 11 is 0. The molecule has 0 saturated heterocycles. The number of fused-ring (bicyclic) bond motifs is 2. The molecule has 16 heavy (non-hydrogen) atoms. The van der Waals surface area contributed by atoms with E-state index in [1.165, 1.54) is 0 Å². The first kappa shape index (κ1) is 9.33. The van der Waals surface area contributed by atoms with Crippen molar-refractivity contribution in [2.75, 3.05) is 5.32 Å². The Morgan fingerprint density at radius 3 is 1.88 bits per heavy atom. The van der Waals surface area contributed by atoms with Gasteiger partial charge >= 0.3 is 0 Å². The summed E-state index contributed by atoms with van der Waals surface area (Å²) in [7, 11) is -0.583. The number of hydrogen-bond donors (Lipinski definition) is 1. The Bertz CT molecular complexity index is 568. The van der Waals surface area contributed by atoms with Gasteiger partial charge in [0, 0.05) is 0 Å². The molecule has 4 heteroatoms. The molecule has 78 valence electrons. The fourth-order valence-corrected chi connectivity index (χ4v) is 3.31. The van der Waals surface area contributed by atoms with E-state index in [0.717, 1.165) is 21.2 Å². The van der Waals surface area contributed by atoms with E-state index < -0.39 is 10.7 Å². The fraction of sp³-hybridized carbons (Fsp3) is 0. The molecule has 0 saturated carbocycles. The van der Waals surface area contributed by atoms with Gasteiger partial charge in [0.05, 0.1) is 11.4 Å². The van der Waals surface area contributed by atoms with Crippen LogP contribution in [-0.4, -0.2) is 0 Å². The van der Waals surface area contributed by atoms with Gasteiger partial charge in [-0.05, 0) is 24.3 Å². The van der Waals surface area contributed by atoms with Gasteiger partial charge in [0.25, 0.3) is 0 Å². The van der Waals surface area contributed by atoms with Crippen molar-refractivity contribution in [2.24, 2.45) is 0 Å². The summed E-state index contributed by atoms with van der Waals surface area (Å²) in [6, 6.07) is 15.8. The molecule has 1 aliphatic heterocycles. The molecule has 0 aromatic heterocycles. The van der Waals surface area contributed by atoms with E-state index in [9.17, 15) is 5.53 Å². The lowest BCUT2D eigenvalue weighted by atomic mass is 10.2. The van der Waals surface area contributed by atoms with Gasteiger partial charge in [0.2, 0.25) is 10.7 Å². The fourth-order valence-electron chi connectivity index (χ4n) is 1.83. The highest BCUT2D eigenvalue weighted by Crippen LogP contribution is 2.36. The molecule has 0 amide bonds. The number of hydrogen-bond acceptors (Lipinski definition) is 1. The van der Waals surface area contributed by atoms with Gasteiger partial charge in [-0.25, -0.2) is 0 Å². The second-order valence-electron chi connectivity index (χ2n) is 3.48. The first-order valence-corrected chi connectivity index (χ1v) is 6.13. The largest absolute Gasteiger partial charge is 0.353 e. The number of benzene rings is 2. The Kier molecular flexibility index (Phi) is 2.10. The average molecular weight is 227 g/mol. The molecule has 1 heterocycles. The van der Waals surface area contributed by atoms with Crippen LogP contribution in [0.4, 0.5) is 11.4 Å². The number of nitrogens with one attached hydrogen (secondary N) is 1. The zero-order valence-electron chi connectivity index (χ0n) is 8.42. The molecule has 3 nitrogen and oxygen atoms in total. The predicted molar refractivity (Wildman–Crippen MR) is 65.6 cm³/mol. The van der Waals surface area contributed by atoms with E-state index in [0.29, 0.717) is 0 Å². The zero-order valence-corrected chi connectivity index (χ0v) is 9.24. The Labute approximate surface area is 95.7 Å². The van der Waals surface area contributed by atoms with Crippen molar-refractivity contribution < 1.29 is 0 Å². The first-order valence-electron chi connectivity index (χ1n) is 4.95. The Morgan fingerprint density at radius 1 is 0.875 bits per heavy atom. The van der Waals surface area contributed by atoms with Gasteiger partial charge in [0.1, 0.15) is 9.79 Å². The number of anilines is 2. The molecular formula is C12H9N3S. The van der Waals surface area contributed by atoms with Crippen molar-refractivity contribution in [3.63, 3.8) is 0 Å². The highest BCUT2D eigenvalue weighted by Gasteiger charge is 2.24. The molecule has 3 rings (SSSR count). The maximum Gasteiger partial charge on any atom is 0.227 e. The molecule has 2 aromatic carbocycles. The average Bonchev–Trinajstić information content (AvgIpc) is 2.36. The van der Waals surface area contributed by atoms with Gasteiger partial charge < -0.3 is 10.8 Å². The highest BCUT2D eigenvalue weighted by molar-refractivity contribution is 7.87. The van der Waals surface area contributed by atoms with Crippen LogP contribution in [0.25, 0.3) is 5.53 Å². The molecule has 0 atom stereocenters. The van der Waals surface area contributed by atoms with Gasteiger partial charge in [-0.1, -0.05) is 24.3 Å². The molecule has 0 spiro atoms. The molecule has 1 aliphatic rings. The normalized spacial score (nSPS) is 13.2. The van der Waals surface area contributed by atoms with Crippen LogP contribution in [0.5, 0.6) is 0 Å². The standard InChI is InChI=1S/C12H9N3S/c13-15-16-11-7-3-1-5-9(11)14-10-6-2-4-8-12(10)16/h1-8,14H. The lowest BCUT2D eigenvalue weighted by Crippen LogP contribution is -2.09. The number of rotatable bonds is 0. The smallest absolute Gasteiger partial charge is 0.227 e. The van der Waals surface area contributed by atoms with Crippen molar-refractivity contribution in [3.8, 4) is 0 Å². The van der Waals surface area contributed by atoms with Crippen LogP contribution in [0, 0.1) is 0 Å². The van der Waals surface area contributed by atoms with E-state index in [-0.39, 0.29) is 0 Å². The lowest BCUT2D eigenvalue weighted by Gasteiger charge is -2.17. The summed E-state index contributed by atoms with van der Waals surface area (Å²) in [4.78, 5) is 2.06. The Hall–Kier alpha value is -1.90. The summed E-state index contributed by atoms with van der Waals surface area (Å²) < 4.78 is 3.52. The molecule has 0 aliphatic carbocycles. The summed E-state index contributed by atoms with van der Waals surface area (Å²) in [5, 5.41) is 3.34. The summed E-state index contributed by atoms with van der Waals surface area (Å²) in [5.74, 6) is 0. The number of nitrogens with zero attached hydrogens (tertiary/aromatic N) is 2. The third-order valence-electron chi connectivity index (χ3n) is 2.54. The van der Waals surface area contributed by atoms with E-state index in [1.807, 2.05) is 48.5 Å². The zero-order chi connectivity index (χ0) is 11.0. The molecule has 0 unspecified atom stereocenters. The van der Waals surface area contributed by atoms with Crippen molar-refractivity contribution in [1.29, 1.82) is 0 Å². The number of para-hydroxylation sites is 2. The summed E-state index contributed by atoms with van der Waals surface area (Å²) in [6.45, 7) is 0. The van der Waals surface area contributed by atoms with Crippen molar-refractivity contribution in [1.82, 2.24) is 4.16 Å². The van der Waals surface area contributed by atoms with Crippen LogP contribution in [0.2, 0.25) is 0 Å². The minimum Gasteiger partial charge on any atom is -0.353 e. The summed E-state index contributed by atoms with van der Waals surface area (Å²) in [5.41, 5.74) is 11.2. The third kappa shape index (κ3) is 1.28. The third-order valence-corrected chi connectivity index (χ3v) is 4.25. The van der Waals surface area contributed by atoms with E-state index in [1.54, 1.807) is 0 Å². The molecule has 2 aromatic rings. The van der Waals surface area contributed by atoms with Crippen LogP contribution >= 0.6 is 0 Å². The SMILES string of the molecule is [N-]=[N+]=S1c2ccccc2Nc2ccccc21. The molecular weight excluding hydrogens is 218 g/mol. The van der Waals surface area contributed by atoms with Crippen LogP contribution in [0.3, 0.4) is 0 Å². The second kappa shape index (κ2) is 3.59. The molecule has 0 radical (unpaired) electrons. The molecule has 0 fully saturated rings. The Morgan fingerprint density at radius 2 is 1.38 bits per heavy atom. The van der Waals surface area contributed by atoms with Gasteiger partial charge in [-0.3, -0.25) is 0 Å². The maximum atomic E-state index is 9.19. The van der Waals surface area contributed by atoms with Gasteiger partial charge in [0.15, 0.2) is 0 Å². The lowest BCUT2D eigenvalue weighted by molar-refractivity contribution is 1.29. The van der Waals surface area contributed by atoms with E-state index >= 15 is 0 Å². The minimum atomic E-state index is -0.583. The Balaban J connectivity index is 2.32. The highest BCUT2D eigenvalue weighted by atomic mass is 32.2. The predicted octanol–water partition coefficient (Wildman–Crippen LogP) is 3.05. The van der Waals surface area contributed by atoms with Crippen LogP contribution < -0.4 is 9.48 Å². The van der Waals surface area contributed by atoms with Crippen molar-refractivity contribution in [2.45, 2.75) is 9.79 Å². The van der Waals surface area contributed by atoms with Gasteiger partial charge in [-0.15, -0.1) is 4.16 Å². The monoisotopic (exact) mass is 227 g/mol. The van der Waals surface area contributed by atoms with Crippen molar-refractivity contribution in [3.05, 3.63) is 54.1 Å². The van der Waals surface area contributed by atoms with E-state index in [2.05, 4.69) is 9.48 Å². The topological polar surface area (TPSA) is 48.4 Å².